The predicted molar refractivity (Wildman–Crippen MR) is 88.6 cm³/mol. The first-order valence-electron chi connectivity index (χ1n) is 6.35. The summed E-state index contributed by atoms with van der Waals surface area (Å²) in [6.45, 7) is 8.00. The molecule has 1 atom stereocenters. The highest BCUT2D eigenvalue weighted by molar-refractivity contribution is 14.0. The summed E-state index contributed by atoms with van der Waals surface area (Å²) in [5, 5.41) is 6.43. The van der Waals surface area contributed by atoms with Crippen LogP contribution in [0.3, 0.4) is 0 Å². The molecule has 19 heavy (non-hydrogen) atoms. The van der Waals surface area contributed by atoms with Gasteiger partial charge in [-0.3, -0.25) is 4.99 Å². The standard InChI is InChI=1S/C12H27N3O3.HI/c1-5-13-12(15-11(2)10-17-4)14-6-7-18-9-8-16-3;/h11H,5-10H2,1-4H3,(H2,13,14,15);1H. The van der Waals surface area contributed by atoms with E-state index < -0.39 is 0 Å². The van der Waals surface area contributed by atoms with Gasteiger partial charge in [0.25, 0.3) is 0 Å². The normalized spacial score (nSPS) is 12.7. The van der Waals surface area contributed by atoms with Gasteiger partial charge in [0.05, 0.1) is 33.0 Å². The van der Waals surface area contributed by atoms with Gasteiger partial charge in [0.15, 0.2) is 5.96 Å². The van der Waals surface area contributed by atoms with E-state index in [0.29, 0.717) is 33.0 Å². The van der Waals surface area contributed by atoms with Crippen molar-refractivity contribution in [1.29, 1.82) is 0 Å². The minimum absolute atomic E-state index is 0. The van der Waals surface area contributed by atoms with Crippen LogP contribution in [0.4, 0.5) is 0 Å². The van der Waals surface area contributed by atoms with E-state index in [1.807, 2.05) is 13.8 Å². The number of rotatable bonds is 10. The van der Waals surface area contributed by atoms with Crippen LogP contribution in [0.2, 0.25) is 0 Å². The summed E-state index contributed by atoms with van der Waals surface area (Å²) >= 11 is 0. The Bertz CT molecular complexity index is 218. The van der Waals surface area contributed by atoms with Gasteiger partial charge in [-0.2, -0.15) is 0 Å². The third kappa shape index (κ3) is 14.1. The molecular formula is C12H28IN3O3. The fourth-order valence-corrected chi connectivity index (χ4v) is 1.31. The van der Waals surface area contributed by atoms with Crippen molar-refractivity contribution in [3.63, 3.8) is 0 Å². The fraction of sp³-hybridized carbons (Fsp3) is 0.917. The predicted octanol–water partition coefficient (Wildman–Crippen LogP) is 0.857. The average Bonchev–Trinajstić information content (AvgIpc) is 2.34. The highest BCUT2D eigenvalue weighted by Crippen LogP contribution is 1.84. The van der Waals surface area contributed by atoms with Crippen molar-refractivity contribution < 1.29 is 14.2 Å². The van der Waals surface area contributed by atoms with Crippen molar-refractivity contribution >= 4 is 29.9 Å². The Hall–Kier alpha value is -0.120. The van der Waals surface area contributed by atoms with Gasteiger partial charge in [0.1, 0.15) is 0 Å². The van der Waals surface area contributed by atoms with Crippen molar-refractivity contribution in [2.45, 2.75) is 19.9 Å². The second-order valence-corrected chi connectivity index (χ2v) is 3.87. The molecule has 0 spiro atoms. The summed E-state index contributed by atoms with van der Waals surface area (Å²) < 4.78 is 15.3. The lowest BCUT2D eigenvalue weighted by Gasteiger charge is -2.16. The minimum Gasteiger partial charge on any atom is -0.383 e. The number of halogens is 1. The molecule has 6 nitrogen and oxygen atoms in total. The maximum Gasteiger partial charge on any atom is 0.191 e. The molecule has 0 aliphatic carbocycles. The van der Waals surface area contributed by atoms with Gasteiger partial charge in [-0.05, 0) is 13.8 Å². The van der Waals surface area contributed by atoms with Crippen LogP contribution in [0.15, 0.2) is 4.99 Å². The van der Waals surface area contributed by atoms with Crippen LogP contribution in [-0.4, -0.2) is 65.7 Å². The second kappa shape index (κ2) is 15.9. The summed E-state index contributed by atoms with van der Waals surface area (Å²) in [4.78, 5) is 4.41. The first-order chi connectivity index (χ1) is 8.74. The molecule has 0 aromatic heterocycles. The highest BCUT2D eigenvalue weighted by atomic mass is 127. The van der Waals surface area contributed by atoms with Gasteiger partial charge in [0, 0.05) is 26.8 Å². The molecule has 0 saturated carbocycles. The second-order valence-electron chi connectivity index (χ2n) is 3.87. The smallest absolute Gasteiger partial charge is 0.191 e. The average molecular weight is 389 g/mol. The lowest BCUT2D eigenvalue weighted by Crippen LogP contribution is -2.44. The van der Waals surface area contributed by atoms with Crippen LogP contribution < -0.4 is 10.6 Å². The zero-order chi connectivity index (χ0) is 13.6. The van der Waals surface area contributed by atoms with Gasteiger partial charge >= 0.3 is 0 Å². The number of nitrogens with one attached hydrogen (secondary N) is 2. The molecule has 0 aromatic carbocycles. The van der Waals surface area contributed by atoms with Gasteiger partial charge in [-0.15, -0.1) is 24.0 Å². The third-order valence-corrected chi connectivity index (χ3v) is 2.08. The summed E-state index contributed by atoms with van der Waals surface area (Å²) in [7, 11) is 3.35. The lowest BCUT2D eigenvalue weighted by atomic mass is 10.4. The molecule has 0 radical (unpaired) electrons. The molecule has 0 saturated heterocycles. The zero-order valence-corrected chi connectivity index (χ0v) is 14.7. The monoisotopic (exact) mass is 389 g/mol. The zero-order valence-electron chi connectivity index (χ0n) is 12.4. The number of hydrogen-bond acceptors (Lipinski definition) is 4. The molecule has 7 heteroatoms. The highest BCUT2D eigenvalue weighted by Gasteiger charge is 2.03. The molecule has 2 N–H and O–H groups in total. The van der Waals surface area contributed by atoms with E-state index in [1.165, 1.54) is 0 Å². The van der Waals surface area contributed by atoms with Gasteiger partial charge in [0.2, 0.25) is 0 Å². The molecule has 116 valence electrons. The van der Waals surface area contributed by atoms with Crippen LogP contribution in [0.25, 0.3) is 0 Å². The SMILES string of the molecule is CCNC(=NCCOCCOC)NC(C)COC.I. The maximum absolute atomic E-state index is 5.34. The van der Waals surface area contributed by atoms with Crippen LogP contribution in [0, 0.1) is 0 Å². The van der Waals surface area contributed by atoms with Crippen molar-refractivity contribution in [3.05, 3.63) is 0 Å². The van der Waals surface area contributed by atoms with Gasteiger partial charge < -0.3 is 24.8 Å². The molecule has 1 unspecified atom stereocenters. The molecule has 0 bridgehead atoms. The Kier molecular flexibility index (Phi) is 17.8. The molecule has 0 aromatic rings. The Morgan fingerprint density at radius 1 is 1.16 bits per heavy atom. The van der Waals surface area contributed by atoms with E-state index in [-0.39, 0.29) is 30.0 Å². The maximum atomic E-state index is 5.34. The molecule has 0 aliphatic rings. The number of aliphatic imine (C=N–C) groups is 1. The van der Waals surface area contributed by atoms with Crippen LogP contribution in [0.5, 0.6) is 0 Å². The molecule has 0 aliphatic heterocycles. The topological polar surface area (TPSA) is 64.1 Å². The van der Waals surface area contributed by atoms with Crippen LogP contribution in [-0.2, 0) is 14.2 Å². The summed E-state index contributed by atoms with van der Waals surface area (Å²) in [6, 6.07) is 0.224. The van der Waals surface area contributed by atoms with Crippen molar-refractivity contribution in [1.82, 2.24) is 10.6 Å². The lowest BCUT2D eigenvalue weighted by molar-refractivity contribution is 0.0748. The Labute approximate surface area is 133 Å². The summed E-state index contributed by atoms with van der Waals surface area (Å²) in [5.74, 6) is 0.789. The van der Waals surface area contributed by atoms with Crippen molar-refractivity contribution in [3.8, 4) is 0 Å². The van der Waals surface area contributed by atoms with Gasteiger partial charge in [-0.1, -0.05) is 0 Å². The summed E-state index contributed by atoms with van der Waals surface area (Å²) in [5.41, 5.74) is 0. The van der Waals surface area contributed by atoms with E-state index >= 15 is 0 Å². The quantitative estimate of drug-likeness (QED) is 0.251. The summed E-state index contributed by atoms with van der Waals surface area (Å²) in [6.07, 6.45) is 0. The van der Waals surface area contributed by atoms with E-state index in [1.54, 1.807) is 14.2 Å². The van der Waals surface area contributed by atoms with E-state index in [9.17, 15) is 0 Å². The number of ether oxygens (including phenoxy) is 3. The Morgan fingerprint density at radius 3 is 2.47 bits per heavy atom. The largest absolute Gasteiger partial charge is 0.383 e. The molecule has 0 fully saturated rings. The number of guanidine groups is 1. The van der Waals surface area contributed by atoms with Crippen LogP contribution >= 0.6 is 24.0 Å². The molecular weight excluding hydrogens is 361 g/mol. The first kappa shape index (κ1) is 21.2. The third-order valence-electron chi connectivity index (χ3n) is 2.08. The number of hydrogen-bond donors (Lipinski definition) is 2. The fourth-order valence-electron chi connectivity index (χ4n) is 1.31. The first-order valence-corrected chi connectivity index (χ1v) is 6.35. The minimum atomic E-state index is 0. The van der Waals surface area contributed by atoms with E-state index in [0.717, 1.165) is 12.5 Å². The number of methoxy groups -OCH3 is 2. The number of nitrogens with zero attached hydrogens (tertiary/aromatic N) is 1. The van der Waals surface area contributed by atoms with E-state index in [2.05, 4.69) is 15.6 Å². The van der Waals surface area contributed by atoms with Crippen molar-refractivity contribution in [2.24, 2.45) is 4.99 Å². The van der Waals surface area contributed by atoms with Gasteiger partial charge in [-0.25, -0.2) is 0 Å². The Balaban J connectivity index is 0. The molecule has 0 rings (SSSR count). The Morgan fingerprint density at radius 2 is 1.89 bits per heavy atom. The van der Waals surface area contributed by atoms with Crippen LogP contribution in [0.1, 0.15) is 13.8 Å². The van der Waals surface area contributed by atoms with E-state index in [4.69, 9.17) is 14.2 Å². The molecule has 0 heterocycles. The van der Waals surface area contributed by atoms with Crippen molar-refractivity contribution in [2.75, 3.05) is 53.7 Å². The molecule has 0 amide bonds.